The molecule has 1 atom stereocenters. The first kappa shape index (κ1) is 23.1. The van der Waals surface area contributed by atoms with Gasteiger partial charge in [-0.2, -0.15) is 0 Å². The summed E-state index contributed by atoms with van der Waals surface area (Å²) in [5.41, 5.74) is 0.715. The molecular formula is C21H35O4P. The Balaban J connectivity index is 3.19. The van der Waals surface area contributed by atoms with Crippen molar-refractivity contribution in [2.45, 2.75) is 79.6 Å². The standard InChI is InChI=1S/C21H35O4P/c1-16(2)24-26(23,25-17(3)4)19(20(22)21(5,6)7)15-11-14-18-12-9-8-10-13-18/h8-10,12-13,15-17,20,22H,11,14H2,1-7H3/b19-15+. The van der Waals surface area contributed by atoms with Crippen molar-refractivity contribution in [3.8, 4) is 0 Å². The highest BCUT2D eigenvalue weighted by atomic mass is 31.2. The second-order valence-corrected chi connectivity index (χ2v) is 10.2. The first-order valence-corrected chi connectivity index (χ1v) is 10.9. The summed E-state index contributed by atoms with van der Waals surface area (Å²) in [6.45, 7) is 13.0. The highest BCUT2D eigenvalue weighted by molar-refractivity contribution is 7.58. The quantitative estimate of drug-likeness (QED) is 0.536. The van der Waals surface area contributed by atoms with Crippen LogP contribution in [0.3, 0.4) is 0 Å². The largest absolute Gasteiger partial charge is 0.388 e. The summed E-state index contributed by atoms with van der Waals surface area (Å²) in [5.74, 6) is 0. The summed E-state index contributed by atoms with van der Waals surface area (Å²) in [7, 11) is -3.60. The van der Waals surface area contributed by atoms with Gasteiger partial charge in [-0.3, -0.25) is 4.57 Å². The Bertz CT molecular complexity index is 601. The number of aryl methyl sites for hydroxylation is 1. The van der Waals surface area contributed by atoms with E-state index in [9.17, 15) is 9.67 Å². The van der Waals surface area contributed by atoms with Crippen molar-refractivity contribution in [1.29, 1.82) is 0 Å². The van der Waals surface area contributed by atoms with Crippen molar-refractivity contribution in [3.05, 3.63) is 47.3 Å². The summed E-state index contributed by atoms with van der Waals surface area (Å²) in [6.07, 6.45) is 1.83. The van der Waals surface area contributed by atoms with Crippen LogP contribution in [0.2, 0.25) is 0 Å². The number of allylic oxidation sites excluding steroid dienone is 1. The van der Waals surface area contributed by atoms with Crippen LogP contribution in [-0.4, -0.2) is 23.4 Å². The maximum Gasteiger partial charge on any atom is 0.360 e. The van der Waals surface area contributed by atoms with Gasteiger partial charge in [0.2, 0.25) is 0 Å². The fourth-order valence-electron chi connectivity index (χ4n) is 2.55. The first-order valence-electron chi connectivity index (χ1n) is 9.35. The minimum absolute atomic E-state index is 0.274. The number of aliphatic hydroxyl groups excluding tert-OH is 1. The number of benzene rings is 1. The molecule has 0 radical (unpaired) electrons. The lowest BCUT2D eigenvalue weighted by Crippen LogP contribution is -2.29. The molecule has 4 nitrogen and oxygen atoms in total. The third-order valence-corrected chi connectivity index (χ3v) is 6.20. The van der Waals surface area contributed by atoms with Gasteiger partial charge in [0.1, 0.15) is 0 Å². The van der Waals surface area contributed by atoms with Crippen molar-refractivity contribution >= 4 is 7.60 Å². The van der Waals surface area contributed by atoms with Gasteiger partial charge < -0.3 is 14.2 Å². The van der Waals surface area contributed by atoms with E-state index in [4.69, 9.17) is 9.05 Å². The first-order chi connectivity index (χ1) is 12.0. The summed E-state index contributed by atoms with van der Waals surface area (Å²) in [5, 5.41) is 11.3. The minimum Gasteiger partial charge on any atom is -0.388 e. The molecule has 0 heterocycles. The van der Waals surface area contributed by atoms with Crippen molar-refractivity contribution in [3.63, 3.8) is 0 Å². The zero-order valence-electron chi connectivity index (χ0n) is 17.2. The third kappa shape index (κ3) is 7.36. The zero-order valence-corrected chi connectivity index (χ0v) is 18.1. The van der Waals surface area contributed by atoms with E-state index in [1.807, 2.05) is 72.7 Å². The molecule has 0 bridgehead atoms. The van der Waals surface area contributed by atoms with Gasteiger partial charge in [0, 0.05) is 0 Å². The predicted molar refractivity (Wildman–Crippen MR) is 108 cm³/mol. The zero-order chi connectivity index (χ0) is 20.0. The van der Waals surface area contributed by atoms with Crippen molar-refractivity contribution < 1.29 is 18.7 Å². The average Bonchev–Trinajstić information content (AvgIpc) is 2.49. The van der Waals surface area contributed by atoms with E-state index in [-0.39, 0.29) is 12.2 Å². The summed E-state index contributed by atoms with van der Waals surface area (Å²) < 4.78 is 25.1. The fraction of sp³-hybridized carbons (Fsp3) is 0.619. The van der Waals surface area contributed by atoms with Crippen LogP contribution in [0.5, 0.6) is 0 Å². The van der Waals surface area contributed by atoms with E-state index in [2.05, 4.69) is 12.1 Å². The van der Waals surface area contributed by atoms with Gasteiger partial charge in [0.25, 0.3) is 0 Å². The molecule has 1 aromatic rings. The third-order valence-electron chi connectivity index (χ3n) is 3.75. The van der Waals surface area contributed by atoms with Crippen LogP contribution >= 0.6 is 7.60 Å². The molecule has 1 unspecified atom stereocenters. The van der Waals surface area contributed by atoms with E-state index in [0.29, 0.717) is 11.7 Å². The van der Waals surface area contributed by atoms with E-state index in [1.54, 1.807) is 0 Å². The molecule has 0 fully saturated rings. The SMILES string of the molecule is CC(C)OP(=O)(OC(C)C)/C(=C/CCc1ccccc1)C(O)C(C)(C)C. The van der Waals surface area contributed by atoms with E-state index < -0.39 is 19.1 Å². The number of hydrogen-bond acceptors (Lipinski definition) is 4. The highest BCUT2D eigenvalue weighted by Crippen LogP contribution is 2.60. The lowest BCUT2D eigenvalue weighted by atomic mass is 9.88. The normalized spacial score (nSPS) is 14.9. The maximum atomic E-state index is 13.6. The Labute approximate surface area is 159 Å². The van der Waals surface area contributed by atoms with E-state index >= 15 is 0 Å². The van der Waals surface area contributed by atoms with Crippen LogP contribution < -0.4 is 0 Å². The summed E-state index contributed by atoms with van der Waals surface area (Å²) >= 11 is 0. The van der Waals surface area contributed by atoms with Crippen LogP contribution in [-0.2, 0) is 20.0 Å². The average molecular weight is 382 g/mol. The molecule has 1 N–H and O–H groups in total. The number of aliphatic hydroxyl groups is 1. The van der Waals surface area contributed by atoms with Crippen LogP contribution in [0.1, 0.15) is 60.5 Å². The Morgan fingerprint density at radius 2 is 1.58 bits per heavy atom. The molecule has 1 rings (SSSR count). The Morgan fingerprint density at radius 3 is 2.00 bits per heavy atom. The van der Waals surface area contributed by atoms with Crippen molar-refractivity contribution in [2.75, 3.05) is 0 Å². The second-order valence-electron chi connectivity index (χ2n) is 8.23. The highest BCUT2D eigenvalue weighted by Gasteiger charge is 2.41. The van der Waals surface area contributed by atoms with E-state index in [0.717, 1.165) is 6.42 Å². The van der Waals surface area contributed by atoms with Crippen molar-refractivity contribution in [1.82, 2.24) is 0 Å². The van der Waals surface area contributed by atoms with Crippen LogP contribution in [0, 0.1) is 5.41 Å². The molecule has 0 spiro atoms. The van der Waals surface area contributed by atoms with Gasteiger partial charge in [0.15, 0.2) is 0 Å². The van der Waals surface area contributed by atoms with Gasteiger partial charge in [-0.05, 0) is 51.5 Å². The van der Waals surface area contributed by atoms with Gasteiger partial charge >= 0.3 is 7.60 Å². The van der Waals surface area contributed by atoms with Crippen LogP contribution in [0.25, 0.3) is 0 Å². The van der Waals surface area contributed by atoms with E-state index in [1.165, 1.54) is 5.56 Å². The van der Waals surface area contributed by atoms with Gasteiger partial charge in [-0.15, -0.1) is 0 Å². The Morgan fingerprint density at radius 1 is 1.08 bits per heavy atom. The molecule has 5 heteroatoms. The maximum absolute atomic E-state index is 13.6. The lowest BCUT2D eigenvalue weighted by molar-refractivity contribution is 0.0875. The summed E-state index contributed by atoms with van der Waals surface area (Å²) in [6, 6.07) is 10.1. The molecule has 0 saturated heterocycles. The molecule has 0 amide bonds. The molecular weight excluding hydrogens is 347 g/mol. The molecule has 26 heavy (non-hydrogen) atoms. The second kappa shape index (κ2) is 9.85. The topological polar surface area (TPSA) is 55.8 Å². The monoisotopic (exact) mass is 382 g/mol. The fourth-order valence-corrected chi connectivity index (χ4v) is 4.99. The smallest absolute Gasteiger partial charge is 0.360 e. The summed E-state index contributed by atoms with van der Waals surface area (Å²) in [4.78, 5) is 0. The van der Waals surface area contributed by atoms with Crippen LogP contribution in [0.4, 0.5) is 0 Å². The van der Waals surface area contributed by atoms with Gasteiger partial charge in [-0.25, -0.2) is 0 Å². The van der Waals surface area contributed by atoms with Gasteiger partial charge in [-0.1, -0.05) is 57.2 Å². The minimum atomic E-state index is -3.60. The number of rotatable bonds is 9. The predicted octanol–water partition coefficient (Wildman–Crippen LogP) is 5.95. The molecule has 0 aliphatic rings. The molecule has 0 aliphatic heterocycles. The number of hydrogen-bond donors (Lipinski definition) is 1. The Kier molecular flexibility index (Phi) is 8.75. The van der Waals surface area contributed by atoms with Gasteiger partial charge in [0.05, 0.1) is 23.6 Å². The molecule has 0 saturated carbocycles. The lowest BCUT2D eigenvalue weighted by Gasteiger charge is -2.33. The molecule has 148 valence electrons. The molecule has 0 aliphatic carbocycles. The van der Waals surface area contributed by atoms with Crippen LogP contribution in [0.15, 0.2) is 41.7 Å². The molecule has 1 aromatic carbocycles. The Hall–Kier alpha value is -0.930. The molecule has 0 aromatic heterocycles. The van der Waals surface area contributed by atoms with Crippen molar-refractivity contribution in [2.24, 2.45) is 5.41 Å².